The highest BCUT2D eigenvalue weighted by Crippen LogP contribution is 2.22. The Morgan fingerprint density at radius 3 is 2.47 bits per heavy atom. The maximum atomic E-state index is 12.2. The molecule has 0 aliphatic carbocycles. The van der Waals surface area contributed by atoms with Crippen molar-refractivity contribution in [2.75, 3.05) is 0 Å². The molecule has 0 saturated heterocycles. The van der Waals surface area contributed by atoms with Gasteiger partial charge in [0.2, 0.25) is 0 Å². The summed E-state index contributed by atoms with van der Waals surface area (Å²) in [6, 6.07) is 7.33. The fourth-order valence-corrected chi connectivity index (χ4v) is 1.97. The molecule has 108 valence electrons. The molecule has 0 radical (unpaired) electrons. The van der Waals surface area contributed by atoms with Gasteiger partial charge < -0.3 is 10.1 Å². The summed E-state index contributed by atoms with van der Waals surface area (Å²) in [6.07, 6.45) is 1.11. The van der Waals surface area contributed by atoms with Crippen LogP contribution in [-0.4, -0.2) is 12.7 Å². The summed E-state index contributed by atoms with van der Waals surface area (Å²) >= 11 is 0. The lowest BCUT2D eigenvalue weighted by Gasteiger charge is -2.25. The molecule has 0 bridgehead atoms. The Morgan fingerprint density at radius 2 is 1.89 bits per heavy atom. The maximum absolute atomic E-state index is 12.2. The fourth-order valence-electron chi connectivity index (χ4n) is 1.97. The van der Waals surface area contributed by atoms with Crippen LogP contribution in [0.25, 0.3) is 0 Å². The molecule has 1 rings (SSSR count). The molecule has 0 heterocycles. The molecule has 19 heavy (non-hydrogen) atoms. The van der Waals surface area contributed by atoms with Crippen molar-refractivity contribution >= 4 is 0 Å². The van der Waals surface area contributed by atoms with Gasteiger partial charge in [0.15, 0.2) is 0 Å². The van der Waals surface area contributed by atoms with E-state index in [-0.39, 0.29) is 11.8 Å². The van der Waals surface area contributed by atoms with E-state index >= 15 is 0 Å². The predicted molar refractivity (Wildman–Crippen MR) is 73.5 cm³/mol. The second kappa shape index (κ2) is 7.43. The topological polar surface area (TPSA) is 21.3 Å². The van der Waals surface area contributed by atoms with Gasteiger partial charge in [-0.25, -0.2) is 0 Å². The largest absolute Gasteiger partial charge is 0.435 e. The number of nitrogens with one attached hydrogen (secondary N) is 1. The fraction of sp³-hybridized carbons (Fsp3) is 0.600. The van der Waals surface area contributed by atoms with Crippen molar-refractivity contribution in [3.63, 3.8) is 0 Å². The molecule has 0 fully saturated rings. The van der Waals surface area contributed by atoms with Gasteiger partial charge in [-0.1, -0.05) is 32.4 Å². The number of benzene rings is 1. The first-order valence-corrected chi connectivity index (χ1v) is 6.74. The van der Waals surface area contributed by atoms with Gasteiger partial charge in [0.1, 0.15) is 5.75 Å². The Balaban J connectivity index is 2.68. The molecule has 0 amide bonds. The van der Waals surface area contributed by atoms with E-state index in [0.717, 1.165) is 12.0 Å². The van der Waals surface area contributed by atoms with Crippen LogP contribution in [0.15, 0.2) is 24.3 Å². The molecule has 3 unspecified atom stereocenters. The molecule has 4 heteroatoms. The van der Waals surface area contributed by atoms with Crippen molar-refractivity contribution < 1.29 is 13.5 Å². The van der Waals surface area contributed by atoms with Crippen LogP contribution >= 0.6 is 0 Å². The standard InChI is InChI=1S/C15H23F2NO/c1-5-10(2)11(3)18-12(4)13-7-6-8-14(9-13)19-15(16)17/h6-12,15,18H,5H2,1-4H3. The SMILES string of the molecule is CCC(C)C(C)NC(C)c1cccc(OC(F)F)c1. The van der Waals surface area contributed by atoms with Crippen LogP contribution in [0.2, 0.25) is 0 Å². The smallest absolute Gasteiger partial charge is 0.387 e. The number of rotatable bonds is 7. The summed E-state index contributed by atoms with van der Waals surface area (Å²) in [6.45, 7) is 5.74. The number of ether oxygens (including phenoxy) is 1. The minimum absolute atomic E-state index is 0.102. The molecule has 1 aromatic rings. The summed E-state index contributed by atoms with van der Waals surface area (Å²) in [5.41, 5.74) is 0.952. The second-order valence-electron chi connectivity index (χ2n) is 5.01. The molecule has 0 aliphatic rings. The quantitative estimate of drug-likeness (QED) is 0.795. The number of hydrogen-bond acceptors (Lipinski definition) is 2. The third-order valence-corrected chi connectivity index (χ3v) is 3.59. The summed E-state index contributed by atoms with van der Waals surface area (Å²) < 4.78 is 28.8. The van der Waals surface area contributed by atoms with Crippen molar-refractivity contribution in [3.8, 4) is 5.75 Å². The average molecular weight is 271 g/mol. The van der Waals surface area contributed by atoms with E-state index in [2.05, 4.69) is 30.8 Å². The third kappa shape index (κ3) is 5.15. The molecule has 0 spiro atoms. The number of halogens is 2. The second-order valence-corrected chi connectivity index (χ2v) is 5.01. The molecule has 0 aliphatic heterocycles. The van der Waals surface area contributed by atoms with Gasteiger partial charge in [-0.05, 0) is 37.5 Å². The molecule has 1 aromatic carbocycles. The Morgan fingerprint density at radius 1 is 1.21 bits per heavy atom. The van der Waals surface area contributed by atoms with Gasteiger partial charge in [0, 0.05) is 12.1 Å². The molecule has 0 aromatic heterocycles. The average Bonchev–Trinajstić information content (AvgIpc) is 2.37. The first kappa shape index (κ1) is 15.9. The zero-order valence-corrected chi connectivity index (χ0v) is 12.0. The lowest BCUT2D eigenvalue weighted by atomic mass is 9.98. The van der Waals surface area contributed by atoms with E-state index in [0.29, 0.717) is 12.0 Å². The van der Waals surface area contributed by atoms with E-state index in [1.165, 1.54) is 0 Å². The molecule has 0 saturated carbocycles. The van der Waals surface area contributed by atoms with E-state index in [1.807, 2.05) is 13.0 Å². The van der Waals surface area contributed by atoms with Crippen LogP contribution in [0.4, 0.5) is 8.78 Å². The highest BCUT2D eigenvalue weighted by molar-refractivity contribution is 5.30. The molecule has 3 atom stereocenters. The van der Waals surface area contributed by atoms with E-state index in [9.17, 15) is 8.78 Å². The lowest BCUT2D eigenvalue weighted by Crippen LogP contribution is -2.33. The van der Waals surface area contributed by atoms with Crippen LogP contribution in [0.5, 0.6) is 5.75 Å². The van der Waals surface area contributed by atoms with Crippen molar-refractivity contribution in [3.05, 3.63) is 29.8 Å². The van der Waals surface area contributed by atoms with Crippen molar-refractivity contribution in [1.82, 2.24) is 5.32 Å². The van der Waals surface area contributed by atoms with Crippen LogP contribution < -0.4 is 10.1 Å². The monoisotopic (exact) mass is 271 g/mol. The predicted octanol–water partition coefficient (Wildman–Crippen LogP) is 4.37. The number of hydrogen-bond donors (Lipinski definition) is 1. The van der Waals surface area contributed by atoms with Gasteiger partial charge in [0.05, 0.1) is 0 Å². The summed E-state index contributed by atoms with van der Waals surface area (Å²) in [5.74, 6) is 0.778. The molecule has 2 nitrogen and oxygen atoms in total. The van der Waals surface area contributed by atoms with Gasteiger partial charge >= 0.3 is 6.61 Å². The Kier molecular flexibility index (Phi) is 6.22. The van der Waals surface area contributed by atoms with Gasteiger partial charge in [-0.15, -0.1) is 0 Å². The zero-order valence-electron chi connectivity index (χ0n) is 12.0. The van der Waals surface area contributed by atoms with Gasteiger partial charge in [-0.2, -0.15) is 8.78 Å². The van der Waals surface area contributed by atoms with Crippen LogP contribution in [0.3, 0.4) is 0 Å². The normalized spacial score (nSPS) is 16.2. The number of alkyl halides is 2. The Hall–Kier alpha value is -1.16. The highest BCUT2D eigenvalue weighted by Gasteiger charge is 2.15. The van der Waals surface area contributed by atoms with Gasteiger partial charge in [0.25, 0.3) is 0 Å². The van der Waals surface area contributed by atoms with Crippen molar-refractivity contribution in [1.29, 1.82) is 0 Å². The maximum Gasteiger partial charge on any atom is 0.387 e. The van der Waals surface area contributed by atoms with E-state index in [4.69, 9.17) is 0 Å². The first-order valence-electron chi connectivity index (χ1n) is 6.74. The summed E-state index contributed by atoms with van der Waals surface area (Å²) in [5, 5.41) is 3.48. The summed E-state index contributed by atoms with van der Waals surface area (Å²) in [7, 11) is 0. The van der Waals surface area contributed by atoms with Crippen LogP contribution in [-0.2, 0) is 0 Å². The van der Waals surface area contributed by atoms with Crippen LogP contribution in [0.1, 0.15) is 45.7 Å². The van der Waals surface area contributed by atoms with E-state index < -0.39 is 6.61 Å². The van der Waals surface area contributed by atoms with Crippen molar-refractivity contribution in [2.24, 2.45) is 5.92 Å². The first-order chi connectivity index (χ1) is 8.93. The van der Waals surface area contributed by atoms with Crippen molar-refractivity contribution in [2.45, 2.75) is 52.8 Å². The van der Waals surface area contributed by atoms with Crippen LogP contribution in [0, 0.1) is 5.92 Å². The third-order valence-electron chi connectivity index (χ3n) is 3.59. The zero-order chi connectivity index (χ0) is 14.4. The molecular formula is C15H23F2NO. The summed E-state index contributed by atoms with van der Waals surface area (Å²) in [4.78, 5) is 0. The van der Waals surface area contributed by atoms with Gasteiger partial charge in [-0.3, -0.25) is 0 Å². The minimum atomic E-state index is -2.78. The van der Waals surface area contributed by atoms with E-state index in [1.54, 1.807) is 18.2 Å². The Labute approximate surface area is 114 Å². The molecular weight excluding hydrogens is 248 g/mol. The Bertz CT molecular complexity index is 384. The minimum Gasteiger partial charge on any atom is -0.435 e. The molecule has 1 N–H and O–H groups in total. The lowest BCUT2D eigenvalue weighted by molar-refractivity contribution is -0.0499. The highest BCUT2D eigenvalue weighted by atomic mass is 19.3.